The highest BCUT2D eigenvalue weighted by Crippen LogP contribution is 2.67. The van der Waals surface area contributed by atoms with Gasteiger partial charge in [0.2, 0.25) is 0 Å². The van der Waals surface area contributed by atoms with Crippen molar-refractivity contribution in [3.05, 3.63) is 35.9 Å². The van der Waals surface area contributed by atoms with Crippen LogP contribution in [0.1, 0.15) is 52.5 Å². The third-order valence-electron chi connectivity index (χ3n) is 5.08. The highest BCUT2D eigenvalue weighted by atomic mass is 16.1. The van der Waals surface area contributed by atoms with Gasteiger partial charge >= 0.3 is 0 Å². The monoisotopic (exact) mass is 258 g/mol. The zero-order valence-electron chi connectivity index (χ0n) is 12.6. The van der Waals surface area contributed by atoms with Crippen molar-refractivity contribution in [2.24, 2.45) is 17.8 Å². The van der Waals surface area contributed by atoms with Gasteiger partial charge in [-0.1, -0.05) is 57.5 Å². The maximum Gasteiger partial charge on any atom is 0.129 e. The smallest absolute Gasteiger partial charge is 0.129 e. The van der Waals surface area contributed by atoms with Crippen LogP contribution in [0.4, 0.5) is 0 Å². The molecular weight excluding hydrogens is 232 g/mol. The van der Waals surface area contributed by atoms with E-state index in [1.54, 1.807) is 6.92 Å². The van der Waals surface area contributed by atoms with Gasteiger partial charge in [0.15, 0.2) is 0 Å². The Kier molecular flexibility index (Phi) is 4.13. The number of benzene rings is 1. The predicted molar refractivity (Wildman–Crippen MR) is 80.1 cm³/mol. The SMILES string of the molecule is CC[C@@H]1[C@H](CCC(C)=O)[C@]1(c1ccccc1)C(C)C. The molecule has 1 aromatic carbocycles. The Morgan fingerprint density at radius 3 is 2.32 bits per heavy atom. The molecule has 0 heterocycles. The van der Waals surface area contributed by atoms with Crippen LogP contribution in [-0.4, -0.2) is 5.78 Å². The first kappa shape index (κ1) is 14.3. The van der Waals surface area contributed by atoms with Crippen molar-refractivity contribution in [1.29, 1.82) is 0 Å². The minimum Gasteiger partial charge on any atom is -0.300 e. The average molecular weight is 258 g/mol. The molecular formula is C18H26O. The lowest BCUT2D eigenvalue weighted by Crippen LogP contribution is -2.20. The molecule has 0 radical (unpaired) electrons. The van der Waals surface area contributed by atoms with E-state index in [1.165, 1.54) is 12.0 Å². The Bertz CT molecular complexity index is 434. The van der Waals surface area contributed by atoms with E-state index in [0.29, 0.717) is 23.0 Å². The number of hydrogen-bond donors (Lipinski definition) is 0. The van der Waals surface area contributed by atoms with Crippen molar-refractivity contribution in [3.63, 3.8) is 0 Å². The van der Waals surface area contributed by atoms with Gasteiger partial charge in [-0.3, -0.25) is 0 Å². The summed E-state index contributed by atoms with van der Waals surface area (Å²) in [6.07, 6.45) is 3.01. The third kappa shape index (κ3) is 2.35. The molecule has 19 heavy (non-hydrogen) atoms. The summed E-state index contributed by atoms with van der Waals surface area (Å²) in [6.45, 7) is 8.67. The van der Waals surface area contributed by atoms with E-state index < -0.39 is 0 Å². The third-order valence-corrected chi connectivity index (χ3v) is 5.08. The van der Waals surface area contributed by atoms with E-state index in [0.717, 1.165) is 18.8 Å². The Morgan fingerprint density at radius 1 is 1.21 bits per heavy atom. The number of rotatable bonds is 6. The van der Waals surface area contributed by atoms with E-state index in [1.807, 2.05) is 0 Å². The summed E-state index contributed by atoms with van der Waals surface area (Å²) in [7, 11) is 0. The van der Waals surface area contributed by atoms with E-state index in [4.69, 9.17) is 0 Å². The lowest BCUT2D eigenvalue weighted by molar-refractivity contribution is -0.117. The molecule has 1 nitrogen and oxygen atoms in total. The first-order valence-electron chi connectivity index (χ1n) is 7.60. The molecule has 104 valence electrons. The molecule has 1 fully saturated rings. The van der Waals surface area contributed by atoms with Crippen LogP contribution in [0.5, 0.6) is 0 Å². The minimum absolute atomic E-state index is 0.311. The quantitative estimate of drug-likeness (QED) is 0.728. The molecule has 0 bridgehead atoms. The fourth-order valence-electron chi connectivity index (χ4n) is 4.33. The molecule has 1 aromatic rings. The molecule has 0 aliphatic heterocycles. The standard InChI is InChI=1S/C18H26O/c1-5-16-17(12-11-14(4)19)18(16,13(2)3)15-9-7-6-8-10-15/h6-10,13,16-17H,5,11-12H2,1-4H3/t16-,17+,18+/m1/s1. The molecule has 0 aromatic heterocycles. The molecule has 0 unspecified atom stereocenters. The second-order valence-corrected chi connectivity index (χ2v) is 6.32. The zero-order chi connectivity index (χ0) is 14.0. The molecule has 1 aliphatic rings. The van der Waals surface area contributed by atoms with E-state index >= 15 is 0 Å². The predicted octanol–water partition coefficient (Wildman–Crippen LogP) is 4.61. The van der Waals surface area contributed by atoms with Crippen molar-refractivity contribution >= 4 is 5.78 Å². The van der Waals surface area contributed by atoms with Crippen LogP contribution in [0, 0.1) is 17.8 Å². The van der Waals surface area contributed by atoms with Crippen molar-refractivity contribution < 1.29 is 4.79 Å². The molecule has 0 saturated heterocycles. The molecule has 1 aliphatic carbocycles. The summed E-state index contributed by atoms with van der Waals surface area (Å²) >= 11 is 0. The van der Waals surface area contributed by atoms with Crippen molar-refractivity contribution in [3.8, 4) is 0 Å². The summed E-state index contributed by atoms with van der Waals surface area (Å²) in [5.74, 6) is 2.39. The Balaban J connectivity index is 2.28. The summed E-state index contributed by atoms with van der Waals surface area (Å²) in [6, 6.07) is 10.9. The fraction of sp³-hybridized carbons (Fsp3) is 0.611. The number of hydrogen-bond acceptors (Lipinski definition) is 1. The normalized spacial score (nSPS) is 29.5. The summed E-state index contributed by atoms with van der Waals surface area (Å²) < 4.78 is 0. The van der Waals surface area contributed by atoms with Gasteiger partial charge < -0.3 is 4.79 Å². The van der Waals surface area contributed by atoms with Crippen LogP contribution in [0.15, 0.2) is 30.3 Å². The summed E-state index contributed by atoms with van der Waals surface area (Å²) in [5, 5.41) is 0. The molecule has 3 atom stereocenters. The van der Waals surface area contributed by atoms with Gasteiger partial charge in [0.1, 0.15) is 5.78 Å². The maximum atomic E-state index is 11.3. The van der Waals surface area contributed by atoms with E-state index in [-0.39, 0.29) is 0 Å². The topological polar surface area (TPSA) is 17.1 Å². The van der Waals surface area contributed by atoms with Crippen molar-refractivity contribution in [2.75, 3.05) is 0 Å². The summed E-state index contributed by atoms with van der Waals surface area (Å²) in [4.78, 5) is 11.3. The average Bonchev–Trinajstić information content (AvgIpc) is 3.06. The minimum atomic E-state index is 0.311. The van der Waals surface area contributed by atoms with Crippen molar-refractivity contribution in [2.45, 2.75) is 52.4 Å². The van der Waals surface area contributed by atoms with Gasteiger partial charge in [-0.15, -0.1) is 0 Å². The lowest BCUT2D eigenvalue weighted by Gasteiger charge is -2.24. The molecule has 0 N–H and O–H groups in total. The summed E-state index contributed by atoms with van der Waals surface area (Å²) in [5.41, 5.74) is 1.79. The Hall–Kier alpha value is -1.11. The highest BCUT2D eigenvalue weighted by molar-refractivity contribution is 5.75. The largest absolute Gasteiger partial charge is 0.300 e. The second kappa shape index (κ2) is 5.48. The maximum absolute atomic E-state index is 11.3. The van der Waals surface area contributed by atoms with Gasteiger partial charge in [0.05, 0.1) is 0 Å². The number of ketones is 1. The Morgan fingerprint density at radius 2 is 1.84 bits per heavy atom. The van der Waals surface area contributed by atoms with Crippen LogP contribution in [0.2, 0.25) is 0 Å². The van der Waals surface area contributed by atoms with Crippen LogP contribution < -0.4 is 0 Å². The highest BCUT2D eigenvalue weighted by Gasteiger charge is 2.64. The lowest BCUT2D eigenvalue weighted by atomic mass is 9.80. The van der Waals surface area contributed by atoms with Gasteiger partial charge in [-0.05, 0) is 36.7 Å². The number of carbonyl (C=O) groups is 1. The van der Waals surface area contributed by atoms with Gasteiger partial charge in [0.25, 0.3) is 0 Å². The van der Waals surface area contributed by atoms with Crippen molar-refractivity contribution in [1.82, 2.24) is 0 Å². The van der Waals surface area contributed by atoms with Crippen LogP contribution in [0.3, 0.4) is 0 Å². The van der Waals surface area contributed by atoms with Gasteiger partial charge in [0, 0.05) is 11.8 Å². The molecule has 1 heteroatoms. The molecule has 1 saturated carbocycles. The van der Waals surface area contributed by atoms with Gasteiger partial charge in [-0.2, -0.15) is 0 Å². The Labute approximate surface area is 117 Å². The van der Waals surface area contributed by atoms with E-state index in [9.17, 15) is 4.79 Å². The fourth-order valence-corrected chi connectivity index (χ4v) is 4.33. The van der Waals surface area contributed by atoms with Crippen LogP contribution >= 0.6 is 0 Å². The zero-order valence-corrected chi connectivity index (χ0v) is 12.6. The van der Waals surface area contributed by atoms with E-state index in [2.05, 4.69) is 51.1 Å². The number of Topliss-reactive ketones (excluding diaryl/α,β-unsaturated/α-hetero) is 1. The molecule has 2 rings (SSSR count). The van der Waals surface area contributed by atoms with Gasteiger partial charge in [-0.25, -0.2) is 0 Å². The second-order valence-electron chi connectivity index (χ2n) is 6.32. The number of carbonyl (C=O) groups excluding carboxylic acids is 1. The molecule has 0 amide bonds. The first-order chi connectivity index (χ1) is 9.05. The van der Waals surface area contributed by atoms with Crippen LogP contribution in [0.25, 0.3) is 0 Å². The molecule has 0 spiro atoms. The first-order valence-corrected chi connectivity index (χ1v) is 7.60. The van der Waals surface area contributed by atoms with Crippen LogP contribution in [-0.2, 0) is 10.2 Å².